The quantitative estimate of drug-likeness (QED) is 0.675. The van der Waals surface area contributed by atoms with Crippen molar-refractivity contribution in [1.29, 1.82) is 0 Å². The standard InChI is InChI=1S/C13H11F3N2O2S/c1-7-4-8(17)2-3-13(7)21(19,20)18-12-6-10(15)9(14)5-11(12)16/h2-6,18H,17H2,1H3. The number of hydrogen-bond donors (Lipinski definition) is 2. The van der Waals surface area contributed by atoms with Crippen molar-refractivity contribution in [3.05, 3.63) is 53.3 Å². The molecular weight excluding hydrogens is 305 g/mol. The van der Waals surface area contributed by atoms with Crippen LogP contribution in [0.4, 0.5) is 24.5 Å². The lowest BCUT2D eigenvalue weighted by atomic mass is 10.2. The van der Waals surface area contributed by atoms with E-state index >= 15 is 0 Å². The van der Waals surface area contributed by atoms with Crippen LogP contribution in [0.25, 0.3) is 0 Å². The number of nitrogens with two attached hydrogens (primary N) is 1. The highest BCUT2D eigenvalue weighted by molar-refractivity contribution is 7.92. The minimum absolute atomic E-state index is 0.138. The maximum atomic E-state index is 13.5. The Bertz CT molecular complexity index is 807. The van der Waals surface area contributed by atoms with Crippen LogP contribution in [0.3, 0.4) is 0 Å². The molecule has 0 heterocycles. The Morgan fingerprint density at radius 1 is 1.00 bits per heavy atom. The van der Waals surface area contributed by atoms with E-state index in [9.17, 15) is 21.6 Å². The second-order valence-electron chi connectivity index (χ2n) is 4.38. The average molecular weight is 316 g/mol. The molecule has 0 aliphatic rings. The summed E-state index contributed by atoms with van der Waals surface area (Å²) in [6.45, 7) is 1.51. The van der Waals surface area contributed by atoms with E-state index in [4.69, 9.17) is 5.73 Å². The average Bonchev–Trinajstić information content (AvgIpc) is 2.35. The lowest BCUT2D eigenvalue weighted by Crippen LogP contribution is -2.15. The molecule has 112 valence electrons. The first-order chi connectivity index (χ1) is 9.70. The molecule has 0 saturated carbocycles. The lowest BCUT2D eigenvalue weighted by molar-refractivity contribution is 0.496. The molecule has 0 radical (unpaired) electrons. The van der Waals surface area contributed by atoms with Gasteiger partial charge in [0.1, 0.15) is 5.82 Å². The summed E-state index contributed by atoms with van der Waals surface area (Å²) in [5.41, 5.74) is 5.55. The monoisotopic (exact) mass is 316 g/mol. The first kappa shape index (κ1) is 15.2. The Balaban J connectivity index is 2.45. The summed E-state index contributed by atoms with van der Waals surface area (Å²) in [6, 6.07) is 4.74. The van der Waals surface area contributed by atoms with Crippen LogP contribution >= 0.6 is 0 Å². The van der Waals surface area contributed by atoms with Crippen molar-refractivity contribution in [1.82, 2.24) is 0 Å². The predicted octanol–water partition coefficient (Wildman–Crippen LogP) is 2.80. The third kappa shape index (κ3) is 3.10. The van der Waals surface area contributed by atoms with E-state index in [1.165, 1.54) is 25.1 Å². The fraction of sp³-hybridized carbons (Fsp3) is 0.0769. The lowest BCUT2D eigenvalue weighted by Gasteiger charge is -2.11. The van der Waals surface area contributed by atoms with E-state index in [0.717, 1.165) is 0 Å². The van der Waals surface area contributed by atoms with Crippen molar-refractivity contribution in [2.24, 2.45) is 0 Å². The third-order valence-electron chi connectivity index (χ3n) is 2.74. The van der Waals surface area contributed by atoms with Gasteiger partial charge >= 0.3 is 0 Å². The summed E-state index contributed by atoms with van der Waals surface area (Å²) < 4.78 is 65.6. The number of halogens is 3. The van der Waals surface area contributed by atoms with E-state index < -0.39 is 33.2 Å². The fourth-order valence-electron chi connectivity index (χ4n) is 1.77. The molecule has 0 aromatic heterocycles. The SMILES string of the molecule is Cc1cc(N)ccc1S(=O)(=O)Nc1cc(F)c(F)cc1F. The van der Waals surface area contributed by atoms with Gasteiger partial charge in [0.05, 0.1) is 10.6 Å². The first-order valence-corrected chi connectivity index (χ1v) is 7.22. The summed E-state index contributed by atoms with van der Waals surface area (Å²) >= 11 is 0. The number of hydrogen-bond acceptors (Lipinski definition) is 3. The molecule has 2 rings (SSSR count). The van der Waals surface area contributed by atoms with Crippen LogP contribution < -0.4 is 10.5 Å². The minimum atomic E-state index is -4.15. The second-order valence-corrected chi connectivity index (χ2v) is 6.03. The molecule has 21 heavy (non-hydrogen) atoms. The topological polar surface area (TPSA) is 72.2 Å². The number of anilines is 2. The van der Waals surface area contributed by atoms with Crippen molar-refractivity contribution >= 4 is 21.4 Å². The molecule has 3 N–H and O–H groups in total. The molecule has 2 aromatic carbocycles. The largest absolute Gasteiger partial charge is 0.399 e. The van der Waals surface area contributed by atoms with Gasteiger partial charge in [0.2, 0.25) is 0 Å². The summed E-state index contributed by atoms with van der Waals surface area (Å²) in [4.78, 5) is -0.138. The van der Waals surface area contributed by atoms with Gasteiger partial charge in [0.25, 0.3) is 10.0 Å². The zero-order valence-electron chi connectivity index (χ0n) is 10.8. The van der Waals surface area contributed by atoms with Crippen LogP contribution in [-0.4, -0.2) is 8.42 Å². The van der Waals surface area contributed by atoms with Gasteiger partial charge in [-0.15, -0.1) is 0 Å². The van der Waals surface area contributed by atoms with Crippen molar-refractivity contribution in [3.8, 4) is 0 Å². The normalized spacial score (nSPS) is 11.4. The fourth-order valence-corrected chi connectivity index (χ4v) is 3.06. The molecule has 0 spiro atoms. The van der Waals surface area contributed by atoms with Crippen LogP contribution in [0, 0.1) is 24.4 Å². The third-order valence-corrected chi connectivity index (χ3v) is 4.27. The molecule has 0 bridgehead atoms. The van der Waals surface area contributed by atoms with E-state index in [-0.39, 0.29) is 11.0 Å². The molecule has 0 aliphatic carbocycles. The summed E-state index contributed by atoms with van der Waals surface area (Å²) in [6.07, 6.45) is 0. The van der Waals surface area contributed by atoms with Crippen molar-refractivity contribution in [2.45, 2.75) is 11.8 Å². The smallest absolute Gasteiger partial charge is 0.262 e. The Morgan fingerprint density at radius 2 is 1.62 bits per heavy atom. The van der Waals surface area contributed by atoms with Crippen LogP contribution in [0.5, 0.6) is 0 Å². The van der Waals surface area contributed by atoms with Crippen LogP contribution in [0.1, 0.15) is 5.56 Å². The maximum absolute atomic E-state index is 13.5. The van der Waals surface area contributed by atoms with Crippen LogP contribution in [0.15, 0.2) is 35.2 Å². The molecule has 0 fully saturated rings. The van der Waals surface area contributed by atoms with Gasteiger partial charge in [-0.3, -0.25) is 4.72 Å². The molecule has 4 nitrogen and oxygen atoms in total. The Hall–Kier alpha value is -2.22. The van der Waals surface area contributed by atoms with Crippen LogP contribution in [-0.2, 0) is 10.0 Å². The van der Waals surface area contributed by atoms with Gasteiger partial charge in [-0.25, -0.2) is 21.6 Å². The Morgan fingerprint density at radius 3 is 2.24 bits per heavy atom. The summed E-state index contributed by atoms with van der Waals surface area (Å²) in [5, 5.41) is 0. The Kier molecular flexibility index (Phi) is 3.82. The molecule has 0 atom stereocenters. The highest BCUT2D eigenvalue weighted by Gasteiger charge is 2.20. The zero-order chi connectivity index (χ0) is 15.8. The molecule has 0 amide bonds. The van der Waals surface area contributed by atoms with Crippen molar-refractivity contribution < 1.29 is 21.6 Å². The minimum Gasteiger partial charge on any atom is -0.399 e. The number of rotatable bonds is 3. The summed E-state index contributed by atoms with van der Waals surface area (Å²) in [7, 11) is -4.15. The Labute approximate surface area is 119 Å². The van der Waals surface area contributed by atoms with Gasteiger partial charge < -0.3 is 5.73 Å². The highest BCUT2D eigenvalue weighted by atomic mass is 32.2. The summed E-state index contributed by atoms with van der Waals surface area (Å²) in [5.74, 6) is -3.98. The van der Waals surface area contributed by atoms with Crippen molar-refractivity contribution in [3.63, 3.8) is 0 Å². The number of nitrogens with one attached hydrogen (secondary N) is 1. The molecule has 8 heteroatoms. The molecular formula is C13H11F3N2O2S. The molecule has 0 aliphatic heterocycles. The number of nitrogen functional groups attached to an aromatic ring is 1. The van der Waals surface area contributed by atoms with E-state index in [1.54, 1.807) is 0 Å². The number of sulfonamides is 1. The van der Waals surface area contributed by atoms with E-state index in [2.05, 4.69) is 0 Å². The molecule has 2 aromatic rings. The molecule has 0 unspecified atom stereocenters. The van der Waals surface area contributed by atoms with Gasteiger partial charge in [-0.05, 0) is 30.7 Å². The van der Waals surface area contributed by atoms with Gasteiger partial charge in [0, 0.05) is 17.8 Å². The van der Waals surface area contributed by atoms with Gasteiger partial charge in [-0.1, -0.05) is 0 Å². The second kappa shape index (κ2) is 5.28. The number of aryl methyl sites for hydroxylation is 1. The van der Waals surface area contributed by atoms with Gasteiger partial charge in [-0.2, -0.15) is 0 Å². The molecule has 0 saturated heterocycles. The van der Waals surface area contributed by atoms with Gasteiger partial charge in [0.15, 0.2) is 11.6 Å². The van der Waals surface area contributed by atoms with Crippen LogP contribution in [0.2, 0.25) is 0 Å². The van der Waals surface area contributed by atoms with E-state index in [1.807, 2.05) is 4.72 Å². The maximum Gasteiger partial charge on any atom is 0.262 e. The highest BCUT2D eigenvalue weighted by Crippen LogP contribution is 2.24. The first-order valence-electron chi connectivity index (χ1n) is 5.74. The number of benzene rings is 2. The van der Waals surface area contributed by atoms with E-state index in [0.29, 0.717) is 17.3 Å². The van der Waals surface area contributed by atoms with Crippen molar-refractivity contribution in [2.75, 3.05) is 10.5 Å². The predicted molar refractivity (Wildman–Crippen MR) is 72.7 cm³/mol. The zero-order valence-corrected chi connectivity index (χ0v) is 11.6.